The number of carbonyl (C=O) groups is 1. The number of hydrogen-bond acceptors (Lipinski definition) is 4. The van der Waals surface area contributed by atoms with Gasteiger partial charge in [0, 0.05) is 15.6 Å². The van der Waals surface area contributed by atoms with Crippen LogP contribution in [0.1, 0.15) is 16.7 Å². The summed E-state index contributed by atoms with van der Waals surface area (Å²) in [6.07, 6.45) is 1.77. The summed E-state index contributed by atoms with van der Waals surface area (Å²) in [4.78, 5) is 15.2. The summed E-state index contributed by atoms with van der Waals surface area (Å²) in [5, 5.41) is 1.20. The minimum atomic E-state index is -0.162. The Kier molecular flexibility index (Phi) is 6.68. The normalized spacial score (nSPS) is 15.1. The fourth-order valence-corrected chi connectivity index (χ4v) is 4.85. The van der Waals surface area contributed by atoms with E-state index < -0.39 is 0 Å². The number of hydrogen-bond donors (Lipinski definition) is 0. The SMILES string of the molecule is Cc1ccccc1N1C(=O)/C(=C\c2cc(Cl)ccc2OCc2cccc(Cl)c2)SC1=S. The zero-order valence-corrected chi connectivity index (χ0v) is 19.6. The van der Waals surface area contributed by atoms with Gasteiger partial charge in [-0.1, -0.05) is 77.5 Å². The molecule has 0 unspecified atom stereocenters. The third-order valence-electron chi connectivity index (χ3n) is 4.69. The zero-order valence-electron chi connectivity index (χ0n) is 16.5. The first kappa shape index (κ1) is 21.9. The fraction of sp³-hybridized carbons (Fsp3) is 0.0833. The van der Waals surface area contributed by atoms with Crippen molar-refractivity contribution in [3.8, 4) is 5.75 Å². The van der Waals surface area contributed by atoms with E-state index in [1.807, 2.05) is 55.5 Å². The zero-order chi connectivity index (χ0) is 22.0. The fourth-order valence-electron chi connectivity index (χ4n) is 3.18. The van der Waals surface area contributed by atoms with Gasteiger partial charge in [-0.15, -0.1) is 0 Å². The molecule has 1 amide bonds. The number of benzene rings is 3. The summed E-state index contributed by atoms with van der Waals surface area (Å²) in [7, 11) is 0. The average molecular weight is 486 g/mol. The maximum absolute atomic E-state index is 13.1. The second-order valence-electron chi connectivity index (χ2n) is 6.90. The Balaban J connectivity index is 1.62. The number of thiocarbonyl (C=S) groups is 1. The van der Waals surface area contributed by atoms with Crippen molar-refractivity contribution in [2.75, 3.05) is 4.90 Å². The topological polar surface area (TPSA) is 29.5 Å². The van der Waals surface area contributed by atoms with Gasteiger partial charge in [0.05, 0.1) is 10.6 Å². The number of thioether (sulfide) groups is 1. The summed E-state index contributed by atoms with van der Waals surface area (Å²) in [5.74, 6) is 0.454. The number of carbonyl (C=O) groups excluding carboxylic acids is 1. The smallest absolute Gasteiger partial charge is 0.270 e. The van der Waals surface area contributed by atoms with Crippen molar-refractivity contribution in [2.24, 2.45) is 0 Å². The molecule has 1 aliphatic heterocycles. The maximum Gasteiger partial charge on any atom is 0.270 e. The van der Waals surface area contributed by atoms with Crippen molar-refractivity contribution >= 4 is 69.2 Å². The van der Waals surface area contributed by atoms with Crippen LogP contribution in [0.15, 0.2) is 71.6 Å². The summed E-state index contributed by atoms with van der Waals surface area (Å²) in [6, 6.07) is 20.5. The third-order valence-corrected chi connectivity index (χ3v) is 6.46. The quantitative estimate of drug-likeness (QED) is 0.280. The van der Waals surface area contributed by atoms with Crippen LogP contribution in [0.4, 0.5) is 5.69 Å². The van der Waals surface area contributed by atoms with Crippen molar-refractivity contribution in [2.45, 2.75) is 13.5 Å². The minimum absolute atomic E-state index is 0.162. The molecule has 0 saturated carbocycles. The van der Waals surface area contributed by atoms with Gasteiger partial charge in [0.25, 0.3) is 5.91 Å². The molecule has 0 spiro atoms. The van der Waals surface area contributed by atoms with Crippen LogP contribution in [-0.4, -0.2) is 10.2 Å². The highest BCUT2D eigenvalue weighted by atomic mass is 35.5. The van der Waals surface area contributed by atoms with Gasteiger partial charge >= 0.3 is 0 Å². The first-order valence-electron chi connectivity index (χ1n) is 9.43. The highest BCUT2D eigenvalue weighted by Gasteiger charge is 2.34. The van der Waals surface area contributed by atoms with Crippen LogP contribution in [0, 0.1) is 6.92 Å². The van der Waals surface area contributed by atoms with Crippen LogP contribution < -0.4 is 9.64 Å². The number of rotatable bonds is 5. The summed E-state index contributed by atoms with van der Waals surface area (Å²) in [5.41, 5.74) is 3.42. The molecule has 0 aromatic heterocycles. The van der Waals surface area contributed by atoms with E-state index in [1.165, 1.54) is 11.8 Å². The number of nitrogens with zero attached hydrogens (tertiary/aromatic N) is 1. The van der Waals surface area contributed by atoms with E-state index in [2.05, 4.69) is 0 Å². The van der Waals surface area contributed by atoms with Gasteiger partial charge < -0.3 is 4.74 Å². The van der Waals surface area contributed by atoms with E-state index in [0.29, 0.717) is 37.2 Å². The van der Waals surface area contributed by atoms with Gasteiger partial charge in [0.1, 0.15) is 12.4 Å². The van der Waals surface area contributed by atoms with Crippen molar-refractivity contribution in [3.05, 3.63) is 98.4 Å². The molecule has 7 heteroatoms. The minimum Gasteiger partial charge on any atom is -0.488 e. The highest BCUT2D eigenvalue weighted by molar-refractivity contribution is 8.27. The largest absolute Gasteiger partial charge is 0.488 e. The summed E-state index contributed by atoms with van der Waals surface area (Å²) in [6.45, 7) is 2.30. The Morgan fingerprint density at radius 3 is 2.58 bits per heavy atom. The summed E-state index contributed by atoms with van der Waals surface area (Å²) >= 11 is 19.0. The van der Waals surface area contributed by atoms with Crippen LogP contribution in [0.5, 0.6) is 5.75 Å². The van der Waals surface area contributed by atoms with E-state index >= 15 is 0 Å². The van der Waals surface area contributed by atoms with E-state index in [-0.39, 0.29) is 5.91 Å². The Morgan fingerprint density at radius 2 is 1.81 bits per heavy atom. The van der Waals surface area contributed by atoms with Gasteiger partial charge in [0.2, 0.25) is 0 Å². The molecule has 156 valence electrons. The van der Waals surface area contributed by atoms with Crippen LogP contribution >= 0.6 is 47.2 Å². The Hall–Kier alpha value is -2.31. The molecule has 0 N–H and O–H groups in total. The van der Waals surface area contributed by atoms with E-state index in [9.17, 15) is 4.79 Å². The number of ether oxygens (including phenoxy) is 1. The molecule has 31 heavy (non-hydrogen) atoms. The molecule has 0 atom stereocenters. The molecule has 1 heterocycles. The highest BCUT2D eigenvalue weighted by Crippen LogP contribution is 2.38. The number of anilines is 1. The molecule has 1 fully saturated rings. The molecule has 1 aliphatic rings. The summed E-state index contributed by atoms with van der Waals surface area (Å²) < 4.78 is 6.50. The van der Waals surface area contributed by atoms with Crippen molar-refractivity contribution < 1.29 is 9.53 Å². The molecule has 1 saturated heterocycles. The number of halogens is 2. The lowest BCUT2D eigenvalue weighted by Gasteiger charge is -2.16. The standard InChI is InChI=1S/C24H17Cl2NO2S2/c1-15-5-2-3-8-20(15)27-23(28)22(31-24(27)30)13-17-12-19(26)9-10-21(17)29-14-16-6-4-7-18(25)11-16/h2-13H,14H2,1H3/b22-13+. The molecule has 0 bridgehead atoms. The van der Waals surface area contributed by atoms with Gasteiger partial charge in [-0.25, -0.2) is 0 Å². The monoisotopic (exact) mass is 485 g/mol. The van der Waals surface area contributed by atoms with Crippen molar-refractivity contribution in [3.63, 3.8) is 0 Å². The lowest BCUT2D eigenvalue weighted by atomic mass is 10.1. The molecule has 0 aliphatic carbocycles. The number of amides is 1. The van der Waals surface area contributed by atoms with E-state index in [4.69, 9.17) is 40.2 Å². The van der Waals surface area contributed by atoms with Crippen LogP contribution in [0.2, 0.25) is 10.0 Å². The van der Waals surface area contributed by atoms with E-state index in [1.54, 1.807) is 29.2 Å². The molecule has 4 rings (SSSR count). The number of aryl methyl sites for hydroxylation is 1. The predicted octanol–water partition coefficient (Wildman–Crippen LogP) is 7.29. The van der Waals surface area contributed by atoms with Crippen LogP contribution in [-0.2, 0) is 11.4 Å². The van der Waals surface area contributed by atoms with Crippen LogP contribution in [0.3, 0.4) is 0 Å². The second kappa shape index (κ2) is 9.45. The first-order valence-corrected chi connectivity index (χ1v) is 11.4. The average Bonchev–Trinajstić information content (AvgIpc) is 3.01. The van der Waals surface area contributed by atoms with Gasteiger partial charge in [0.15, 0.2) is 4.32 Å². The van der Waals surface area contributed by atoms with Gasteiger partial charge in [-0.2, -0.15) is 0 Å². The maximum atomic E-state index is 13.1. The predicted molar refractivity (Wildman–Crippen MR) is 134 cm³/mol. The van der Waals surface area contributed by atoms with Gasteiger partial charge in [-0.05, 0) is 60.5 Å². The Labute approximate surface area is 200 Å². The lowest BCUT2D eigenvalue weighted by molar-refractivity contribution is -0.113. The number of para-hydroxylation sites is 1. The van der Waals surface area contributed by atoms with Gasteiger partial charge in [-0.3, -0.25) is 9.69 Å². The lowest BCUT2D eigenvalue weighted by Crippen LogP contribution is -2.28. The molecule has 3 aromatic carbocycles. The molecule has 3 nitrogen and oxygen atoms in total. The molecular formula is C24H17Cl2NO2S2. The first-order chi connectivity index (χ1) is 14.9. The third kappa shape index (κ3) is 4.96. The molecular weight excluding hydrogens is 469 g/mol. The van der Waals surface area contributed by atoms with Crippen LogP contribution in [0.25, 0.3) is 6.08 Å². The van der Waals surface area contributed by atoms with Crippen molar-refractivity contribution in [1.29, 1.82) is 0 Å². The molecule has 3 aromatic rings. The molecule has 0 radical (unpaired) electrons. The Morgan fingerprint density at radius 1 is 1.03 bits per heavy atom. The van der Waals surface area contributed by atoms with Crippen molar-refractivity contribution in [1.82, 2.24) is 0 Å². The van der Waals surface area contributed by atoms with E-state index in [0.717, 1.165) is 16.8 Å². The Bertz CT molecular complexity index is 1210. The second-order valence-corrected chi connectivity index (χ2v) is 9.45.